The van der Waals surface area contributed by atoms with Crippen molar-refractivity contribution in [3.8, 4) is 0 Å². The number of amides is 1. The van der Waals surface area contributed by atoms with Crippen LogP contribution in [0.4, 0.5) is 0 Å². The fraction of sp³-hybridized carbons (Fsp3) is 0.933. The van der Waals surface area contributed by atoms with Gasteiger partial charge in [-0.25, -0.2) is 0 Å². The Bertz CT molecular complexity index is 287. The van der Waals surface area contributed by atoms with Crippen LogP contribution in [-0.4, -0.2) is 62.0 Å². The van der Waals surface area contributed by atoms with Gasteiger partial charge in [0.05, 0.1) is 6.54 Å². The summed E-state index contributed by atoms with van der Waals surface area (Å²) in [5.41, 5.74) is 0. The molecular formula is C15H29N3O. The molecular weight excluding hydrogens is 238 g/mol. The van der Waals surface area contributed by atoms with E-state index in [1.165, 1.54) is 25.7 Å². The average Bonchev–Trinajstić information content (AvgIpc) is 2.41. The Morgan fingerprint density at radius 2 is 1.84 bits per heavy atom. The number of hydrogen-bond acceptors (Lipinski definition) is 3. The summed E-state index contributed by atoms with van der Waals surface area (Å²) in [7, 11) is 2.12. The van der Waals surface area contributed by atoms with Gasteiger partial charge < -0.3 is 15.1 Å². The summed E-state index contributed by atoms with van der Waals surface area (Å²) < 4.78 is 0. The first-order valence-corrected chi connectivity index (χ1v) is 7.84. The Morgan fingerprint density at radius 3 is 2.53 bits per heavy atom. The van der Waals surface area contributed by atoms with Gasteiger partial charge in [-0.15, -0.1) is 0 Å². The van der Waals surface area contributed by atoms with E-state index < -0.39 is 0 Å². The lowest BCUT2D eigenvalue weighted by atomic mass is 9.80. The molecule has 0 aromatic carbocycles. The van der Waals surface area contributed by atoms with Crippen LogP contribution in [0.3, 0.4) is 0 Å². The quantitative estimate of drug-likeness (QED) is 0.831. The molecule has 1 saturated heterocycles. The Labute approximate surface area is 117 Å². The van der Waals surface area contributed by atoms with Gasteiger partial charge in [-0.2, -0.15) is 0 Å². The molecule has 4 heteroatoms. The Hall–Kier alpha value is -0.610. The Balaban J connectivity index is 1.63. The Morgan fingerprint density at radius 1 is 1.16 bits per heavy atom. The van der Waals surface area contributed by atoms with Crippen molar-refractivity contribution in [1.82, 2.24) is 15.1 Å². The van der Waals surface area contributed by atoms with Crippen LogP contribution < -0.4 is 5.32 Å². The SMILES string of the molecule is CC1CCCCC1CNCC(=O)N1CCN(C)CC1. The second-order valence-corrected chi connectivity index (χ2v) is 6.34. The smallest absolute Gasteiger partial charge is 0.236 e. The molecule has 1 amide bonds. The van der Waals surface area contributed by atoms with Gasteiger partial charge in [-0.3, -0.25) is 4.79 Å². The van der Waals surface area contributed by atoms with Gasteiger partial charge in [0, 0.05) is 26.2 Å². The first kappa shape index (κ1) is 14.8. The third-order valence-electron chi connectivity index (χ3n) is 4.83. The van der Waals surface area contributed by atoms with E-state index in [1.54, 1.807) is 0 Å². The fourth-order valence-corrected chi connectivity index (χ4v) is 3.23. The maximum absolute atomic E-state index is 12.1. The molecule has 110 valence electrons. The van der Waals surface area contributed by atoms with Crippen LogP contribution in [0, 0.1) is 11.8 Å². The van der Waals surface area contributed by atoms with Crippen LogP contribution in [0.15, 0.2) is 0 Å². The maximum atomic E-state index is 12.1. The monoisotopic (exact) mass is 267 g/mol. The number of hydrogen-bond donors (Lipinski definition) is 1. The van der Waals surface area contributed by atoms with E-state index in [0.29, 0.717) is 6.54 Å². The van der Waals surface area contributed by atoms with Crippen molar-refractivity contribution in [2.45, 2.75) is 32.6 Å². The summed E-state index contributed by atoms with van der Waals surface area (Å²) in [5, 5.41) is 3.39. The molecule has 2 unspecified atom stereocenters. The van der Waals surface area contributed by atoms with E-state index >= 15 is 0 Å². The van der Waals surface area contributed by atoms with E-state index in [2.05, 4.69) is 24.2 Å². The Kier molecular flexibility index (Phi) is 5.64. The molecule has 1 N–H and O–H groups in total. The predicted molar refractivity (Wildman–Crippen MR) is 78.1 cm³/mol. The highest BCUT2D eigenvalue weighted by Gasteiger charge is 2.22. The number of carbonyl (C=O) groups excluding carboxylic acids is 1. The standard InChI is InChI=1S/C15H29N3O/c1-13-5-3-4-6-14(13)11-16-12-15(19)18-9-7-17(2)8-10-18/h13-14,16H,3-12H2,1-2H3. The normalized spacial score (nSPS) is 29.5. The predicted octanol–water partition coefficient (Wildman–Crippen LogP) is 1.18. The zero-order valence-electron chi connectivity index (χ0n) is 12.5. The highest BCUT2D eigenvalue weighted by Crippen LogP contribution is 2.28. The van der Waals surface area contributed by atoms with E-state index in [-0.39, 0.29) is 5.91 Å². The van der Waals surface area contributed by atoms with Crippen molar-refractivity contribution in [2.75, 3.05) is 46.3 Å². The van der Waals surface area contributed by atoms with Gasteiger partial charge in [0.15, 0.2) is 0 Å². The molecule has 0 aromatic rings. The number of nitrogens with one attached hydrogen (secondary N) is 1. The minimum Gasteiger partial charge on any atom is -0.339 e. The van der Waals surface area contributed by atoms with E-state index in [9.17, 15) is 4.79 Å². The van der Waals surface area contributed by atoms with Crippen molar-refractivity contribution >= 4 is 5.91 Å². The molecule has 1 aliphatic heterocycles. The van der Waals surface area contributed by atoms with E-state index in [4.69, 9.17) is 0 Å². The molecule has 1 aliphatic carbocycles. The topological polar surface area (TPSA) is 35.6 Å². The molecule has 0 radical (unpaired) electrons. The average molecular weight is 267 g/mol. The zero-order valence-corrected chi connectivity index (χ0v) is 12.5. The van der Waals surface area contributed by atoms with Crippen LogP contribution in [0.25, 0.3) is 0 Å². The lowest BCUT2D eigenvalue weighted by Gasteiger charge is -2.33. The van der Waals surface area contributed by atoms with Crippen LogP contribution in [0.5, 0.6) is 0 Å². The van der Waals surface area contributed by atoms with Crippen LogP contribution >= 0.6 is 0 Å². The van der Waals surface area contributed by atoms with Gasteiger partial charge in [0.2, 0.25) is 5.91 Å². The fourth-order valence-electron chi connectivity index (χ4n) is 3.23. The number of nitrogens with zero attached hydrogens (tertiary/aromatic N) is 2. The third-order valence-corrected chi connectivity index (χ3v) is 4.83. The summed E-state index contributed by atoms with van der Waals surface area (Å²) >= 11 is 0. The third kappa shape index (κ3) is 4.46. The summed E-state index contributed by atoms with van der Waals surface area (Å²) in [6.07, 6.45) is 5.44. The van der Waals surface area contributed by atoms with Crippen molar-refractivity contribution in [3.05, 3.63) is 0 Å². The first-order valence-electron chi connectivity index (χ1n) is 7.84. The van der Waals surface area contributed by atoms with Crippen molar-refractivity contribution < 1.29 is 4.79 Å². The molecule has 2 rings (SSSR count). The maximum Gasteiger partial charge on any atom is 0.236 e. The molecule has 0 bridgehead atoms. The summed E-state index contributed by atoms with van der Waals surface area (Å²) in [4.78, 5) is 16.3. The van der Waals surface area contributed by atoms with Crippen LogP contribution in [0.2, 0.25) is 0 Å². The lowest BCUT2D eigenvalue weighted by Crippen LogP contribution is -2.49. The van der Waals surface area contributed by atoms with Crippen LogP contribution in [0.1, 0.15) is 32.6 Å². The molecule has 1 heterocycles. The van der Waals surface area contributed by atoms with Gasteiger partial charge in [0.25, 0.3) is 0 Å². The molecule has 0 spiro atoms. The van der Waals surface area contributed by atoms with Crippen molar-refractivity contribution in [3.63, 3.8) is 0 Å². The summed E-state index contributed by atoms with van der Waals surface area (Å²) in [5.74, 6) is 1.87. The second-order valence-electron chi connectivity index (χ2n) is 6.34. The second kappa shape index (κ2) is 7.25. The molecule has 1 saturated carbocycles. The summed E-state index contributed by atoms with van der Waals surface area (Å²) in [6, 6.07) is 0. The zero-order chi connectivity index (χ0) is 13.7. The highest BCUT2D eigenvalue weighted by atomic mass is 16.2. The molecule has 4 nitrogen and oxygen atoms in total. The highest BCUT2D eigenvalue weighted by molar-refractivity contribution is 5.78. The molecule has 0 aromatic heterocycles. The number of likely N-dealkylation sites (N-methyl/N-ethyl adjacent to an activating group) is 1. The molecule has 2 fully saturated rings. The van der Waals surface area contributed by atoms with Gasteiger partial charge in [-0.05, 0) is 31.8 Å². The van der Waals surface area contributed by atoms with Crippen molar-refractivity contribution in [2.24, 2.45) is 11.8 Å². The van der Waals surface area contributed by atoms with Gasteiger partial charge >= 0.3 is 0 Å². The van der Waals surface area contributed by atoms with E-state index in [0.717, 1.165) is 44.6 Å². The number of carbonyl (C=O) groups is 1. The minimum atomic E-state index is 0.275. The largest absolute Gasteiger partial charge is 0.339 e. The summed E-state index contributed by atoms with van der Waals surface area (Å²) in [6.45, 7) is 7.67. The molecule has 2 aliphatic rings. The van der Waals surface area contributed by atoms with Gasteiger partial charge in [-0.1, -0.05) is 26.2 Å². The first-order chi connectivity index (χ1) is 9.16. The number of piperazine rings is 1. The van der Waals surface area contributed by atoms with Crippen molar-refractivity contribution in [1.29, 1.82) is 0 Å². The lowest BCUT2D eigenvalue weighted by molar-refractivity contribution is -0.131. The van der Waals surface area contributed by atoms with E-state index in [1.807, 2.05) is 4.90 Å². The van der Waals surface area contributed by atoms with Gasteiger partial charge in [0.1, 0.15) is 0 Å². The van der Waals surface area contributed by atoms with Crippen LogP contribution in [-0.2, 0) is 4.79 Å². The molecule has 2 atom stereocenters. The number of rotatable bonds is 4. The minimum absolute atomic E-state index is 0.275. The molecule has 19 heavy (non-hydrogen) atoms.